The summed E-state index contributed by atoms with van der Waals surface area (Å²) in [6, 6.07) is 61.5. The molecule has 8 aromatic carbocycles. The topological polar surface area (TPSA) is 6.48 Å². The van der Waals surface area contributed by atoms with Crippen molar-refractivity contribution in [3.05, 3.63) is 198 Å². The molecule has 2 heterocycles. The highest BCUT2D eigenvalue weighted by Gasteiger charge is 2.47. The van der Waals surface area contributed by atoms with Gasteiger partial charge >= 0.3 is 0 Å². The molecule has 8 aromatic rings. The molecule has 0 aromatic heterocycles. The third-order valence-electron chi connectivity index (χ3n) is 14.9. The molecule has 65 heavy (non-hydrogen) atoms. The SMILES string of the molecule is [2H]C([2H])([2H])c1cc2c3c(c1)N(c1ccc(C(C)(C)C)cc1-c1ccccc1)c1cc(-c4ccccc4)ccc1B3c1cc3c(cc1N2c1ccc(-c2ccccc2)cc1C)C(C)(C)CCC3(C)C. The lowest BCUT2D eigenvalue weighted by atomic mass is 9.33. The molecule has 0 saturated heterocycles. The fraction of sp³-hybridized carbons (Fsp3) is 0.226. The summed E-state index contributed by atoms with van der Waals surface area (Å²) in [6.07, 6.45) is 2.18. The summed E-state index contributed by atoms with van der Waals surface area (Å²) in [6.45, 7) is 16.0. The maximum atomic E-state index is 9.16. The first kappa shape index (κ1) is 37.8. The van der Waals surface area contributed by atoms with Crippen LogP contribution in [0.2, 0.25) is 0 Å². The Balaban J connectivity index is 1.28. The molecule has 2 nitrogen and oxygen atoms in total. The minimum absolute atomic E-state index is 0.0354. The van der Waals surface area contributed by atoms with E-state index in [-0.39, 0.29) is 23.0 Å². The molecule has 0 unspecified atom stereocenters. The average Bonchev–Trinajstić information content (AvgIpc) is 3.32. The van der Waals surface area contributed by atoms with Crippen LogP contribution in [0.25, 0.3) is 33.4 Å². The second-order valence-corrected chi connectivity index (χ2v) is 21.1. The van der Waals surface area contributed by atoms with E-state index in [0.717, 1.165) is 91.4 Å². The zero-order valence-electron chi connectivity index (χ0n) is 42.1. The smallest absolute Gasteiger partial charge is 0.252 e. The van der Waals surface area contributed by atoms with Crippen molar-refractivity contribution in [2.45, 2.75) is 91.3 Å². The third kappa shape index (κ3) is 6.77. The van der Waals surface area contributed by atoms with Crippen molar-refractivity contribution >= 4 is 57.2 Å². The van der Waals surface area contributed by atoms with Crippen LogP contribution in [0.3, 0.4) is 0 Å². The Labute approximate surface area is 391 Å². The van der Waals surface area contributed by atoms with Gasteiger partial charge in [-0.15, -0.1) is 0 Å². The number of rotatable bonds is 5. The Morgan fingerprint density at radius 3 is 1.58 bits per heavy atom. The third-order valence-corrected chi connectivity index (χ3v) is 14.9. The van der Waals surface area contributed by atoms with Gasteiger partial charge in [0.05, 0.1) is 5.69 Å². The van der Waals surface area contributed by atoms with Gasteiger partial charge in [-0.3, -0.25) is 0 Å². The van der Waals surface area contributed by atoms with E-state index >= 15 is 0 Å². The van der Waals surface area contributed by atoms with Gasteiger partial charge in [0.15, 0.2) is 0 Å². The van der Waals surface area contributed by atoms with Gasteiger partial charge in [-0.25, -0.2) is 0 Å². The van der Waals surface area contributed by atoms with Gasteiger partial charge in [0.2, 0.25) is 0 Å². The molecule has 0 radical (unpaired) electrons. The number of hydrogen-bond donors (Lipinski definition) is 0. The summed E-state index contributed by atoms with van der Waals surface area (Å²) in [5.74, 6) is 0. The van der Waals surface area contributed by atoms with Crippen molar-refractivity contribution in [1.29, 1.82) is 0 Å². The van der Waals surface area contributed by atoms with Gasteiger partial charge in [-0.1, -0.05) is 170 Å². The van der Waals surface area contributed by atoms with Crippen LogP contribution in [0.1, 0.15) is 93.2 Å². The highest BCUT2D eigenvalue weighted by Crippen LogP contribution is 2.52. The number of benzene rings is 8. The van der Waals surface area contributed by atoms with E-state index in [4.69, 9.17) is 4.11 Å². The first-order valence-corrected chi connectivity index (χ1v) is 23.4. The molecule has 3 aliphatic rings. The van der Waals surface area contributed by atoms with Crippen molar-refractivity contribution in [2.24, 2.45) is 0 Å². The van der Waals surface area contributed by atoms with Crippen LogP contribution in [-0.4, -0.2) is 6.71 Å². The van der Waals surface area contributed by atoms with E-state index in [1.165, 1.54) is 27.6 Å². The van der Waals surface area contributed by atoms with Crippen molar-refractivity contribution < 1.29 is 4.11 Å². The molecule has 11 rings (SSSR count). The van der Waals surface area contributed by atoms with E-state index < -0.39 is 6.85 Å². The van der Waals surface area contributed by atoms with Gasteiger partial charge in [0.25, 0.3) is 6.71 Å². The second-order valence-electron chi connectivity index (χ2n) is 21.1. The maximum Gasteiger partial charge on any atom is 0.252 e. The van der Waals surface area contributed by atoms with Gasteiger partial charge in [0, 0.05) is 38.1 Å². The Hall–Kier alpha value is -6.58. The molecular formula is C62H59BN2. The van der Waals surface area contributed by atoms with Crippen LogP contribution < -0.4 is 26.2 Å². The van der Waals surface area contributed by atoms with Crippen LogP contribution in [0, 0.1) is 13.8 Å². The van der Waals surface area contributed by atoms with Gasteiger partial charge in [0.1, 0.15) is 0 Å². The monoisotopic (exact) mass is 845 g/mol. The maximum absolute atomic E-state index is 9.16. The molecule has 0 bridgehead atoms. The quantitative estimate of drug-likeness (QED) is 0.159. The van der Waals surface area contributed by atoms with E-state index in [2.05, 4.69) is 223 Å². The molecule has 3 heteroatoms. The molecule has 0 fully saturated rings. The number of hydrogen-bond acceptors (Lipinski definition) is 2. The van der Waals surface area contributed by atoms with Crippen LogP contribution >= 0.6 is 0 Å². The lowest BCUT2D eigenvalue weighted by Gasteiger charge is -2.48. The first-order chi connectivity index (χ1) is 32.4. The van der Waals surface area contributed by atoms with E-state index in [1.807, 2.05) is 12.1 Å². The number of fused-ring (bicyclic) bond motifs is 5. The van der Waals surface area contributed by atoms with Crippen molar-refractivity contribution in [3.8, 4) is 33.4 Å². The molecule has 2 aliphatic heterocycles. The minimum Gasteiger partial charge on any atom is -0.311 e. The fourth-order valence-electron chi connectivity index (χ4n) is 11.1. The summed E-state index contributed by atoms with van der Waals surface area (Å²) in [4.78, 5) is 4.82. The van der Waals surface area contributed by atoms with Crippen molar-refractivity contribution in [1.82, 2.24) is 0 Å². The standard InChI is InChI=1S/C62H59BN2/c1-40-33-57-59-58(34-40)65(54-30-27-47(60(3,4)5)37-48(54)44-23-17-12-18-24-44)55-36-46(43-21-15-11-16-22-43)25-28-51(55)63(59)52-38-49-50(62(8,9)32-31-61(49,6)7)39-56(52)64(57)53-29-26-45(35-41(53)2)42-19-13-10-14-20-42/h10-30,33-39H,31-32H2,1-9H3/i1D3. The highest BCUT2D eigenvalue weighted by molar-refractivity contribution is 7.00. The average molecular weight is 846 g/mol. The number of aryl methyl sites for hydroxylation is 2. The lowest BCUT2D eigenvalue weighted by molar-refractivity contribution is 0.332. The van der Waals surface area contributed by atoms with Crippen LogP contribution in [0.15, 0.2) is 170 Å². The van der Waals surface area contributed by atoms with Crippen LogP contribution in [0.4, 0.5) is 34.1 Å². The molecule has 0 amide bonds. The van der Waals surface area contributed by atoms with Gasteiger partial charge in [-0.05, 0) is 163 Å². The molecule has 0 saturated carbocycles. The summed E-state index contributed by atoms with van der Waals surface area (Å²) >= 11 is 0. The number of anilines is 6. The Morgan fingerprint density at radius 1 is 0.477 bits per heavy atom. The van der Waals surface area contributed by atoms with Crippen molar-refractivity contribution in [2.75, 3.05) is 9.80 Å². The summed E-state index contributed by atoms with van der Waals surface area (Å²) in [7, 11) is 0. The normalized spacial score (nSPS) is 16.4. The lowest BCUT2D eigenvalue weighted by Crippen LogP contribution is -2.62. The summed E-state index contributed by atoms with van der Waals surface area (Å²) < 4.78 is 27.5. The number of nitrogens with zero attached hydrogens (tertiary/aromatic N) is 2. The predicted octanol–water partition coefficient (Wildman–Crippen LogP) is 15.0. The fourth-order valence-corrected chi connectivity index (χ4v) is 11.1. The minimum atomic E-state index is -2.39. The Bertz CT molecular complexity index is 3270. The molecular weight excluding hydrogens is 784 g/mol. The first-order valence-electron chi connectivity index (χ1n) is 24.9. The highest BCUT2D eigenvalue weighted by atomic mass is 15.2. The predicted molar refractivity (Wildman–Crippen MR) is 280 cm³/mol. The summed E-state index contributed by atoms with van der Waals surface area (Å²) in [5.41, 5.74) is 21.6. The van der Waals surface area contributed by atoms with E-state index in [9.17, 15) is 0 Å². The molecule has 320 valence electrons. The van der Waals surface area contributed by atoms with Gasteiger partial charge < -0.3 is 9.80 Å². The van der Waals surface area contributed by atoms with Crippen LogP contribution in [-0.2, 0) is 16.2 Å². The Kier molecular flexibility index (Phi) is 8.71. The molecule has 1 aliphatic carbocycles. The zero-order valence-corrected chi connectivity index (χ0v) is 39.1. The second kappa shape index (κ2) is 15.0. The molecule has 0 atom stereocenters. The summed E-state index contributed by atoms with van der Waals surface area (Å²) in [5, 5.41) is 0. The van der Waals surface area contributed by atoms with E-state index in [1.54, 1.807) is 0 Å². The largest absolute Gasteiger partial charge is 0.311 e. The van der Waals surface area contributed by atoms with Gasteiger partial charge in [-0.2, -0.15) is 0 Å². The Morgan fingerprint density at radius 2 is 1.00 bits per heavy atom. The molecule has 0 N–H and O–H groups in total. The van der Waals surface area contributed by atoms with Crippen molar-refractivity contribution in [3.63, 3.8) is 0 Å². The van der Waals surface area contributed by atoms with E-state index in [0.29, 0.717) is 5.56 Å². The van der Waals surface area contributed by atoms with Crippen LogP contribution in [0.5, 0.6) is 0 Å². The molecule has 0 spiro atoms. The zero-order chi connectivity index (χ0) is 47.5.